The molecule has 1 aliphatic rings. The van der Waals surface area contributed by atoms with Gasteiger partial charge in [0.25, 0.3) is 5.91 Å². The van der Waals surface area contributed by atoms with Gasteiger partial charge >= 0.3 is 0 Å². The first-order valence-electron chi connectivity index (χ1n) is 7.40. The lowest BCUT2D eigenvalue weighted by Gasteiger charge is -2.19. The van der Waals surface area contributed by atoms with Crippen molar-refractivity contribution in [1.29, 1.82) is 0 Å². The summed E-state index contributed by atoms with van der Waals surface area (Å²) in [7, 11) is 0. The second-order valence-electron chi connectivity index (χ2n) is 5.52. The zero-order valence-electron chi connectivity index (χ0n) is 12.4. The van der Waals surface area contributed by atoms with Crippen molar-refractivity contribution in [1.82, 2.24) is 4.98 Å². The molecule has 4 rings (SSSR count). The Kier molecular flexibility index (Phi) is 3.35. The number of hydrogen-bond donors (Lipinski definition) is 2. The quantitative estimate of drug-likeness (QED) is 0.776. The zero-order chi connectivity index (χ0) is 15.8. The number of hydrogen-bond acceptors (Lipinski definition) is 4. The maximum Gasteiger partial charge on any atom is 0.259 e. The number of nitrogens with zero attached hydrogens (tertiary/aromatic N) is 1. The number of benzene rings is 1. The summed E-state index contributed by atoms with van der Waals surface area (Å²) in [4.78, 5) is 17.9. The lowest BCUT2D eigenvalue weighted by molar-refractivity contribution is 0.100. The number of fused-ring (bicyclic) bond motifs is 3. The molecule has 0 bridgehead atoms. The number of anilines is 1. The molecule has 4 nitrogen and oxygen atoms in total. The number of carbonyl (C=O) groups excluding carboxylic acids is 1. The van der Waals surface area contributed by atoms with Gasteiger partial charge in [-0.05, 0) is 28.8 Å². The number of amides is 1. The van der Waals surface area contributed by atoms with Gasteiger partial charge in [-0.15, -0.1) is 11.3 Å². The summed E-state index contributed by atoms with van der Waals surface area (Å²) < 4.78 is 0. The molecule has 0 fully saturated rings. The lowest BCUT2D eigenvalue weighted by Crippen LogP contribution is -2.13. The molecule has 114 valence electrons. The summed E-state index contributed by atoms with van der Waals surface area (Å²) in [6, 6.07) is 12.1. The van der Waals surface area contributed by atoms with E-state index < -0.39 is 0 Å². The van der Waals surface area contributed by atoms with E-state index in [0.717, 1.165) is 27.3 Å². The summed E-state index contributed by atoms with van der Waals surface area (Å²) in [5.74, 6) is -0.360. The van der Waals surface area contributed by atoms with Gasteiger partial charge in [0, 0.05) is 41.5 Å². The molecule has 1 aliphatic heterocycles. The highest BCUT2D eigenvalue weighted by Gasteiger charge is 2.26. The lowest BCUT2D eigenvalue weighted by atomic mass is 9.95. The van der Waals surface area contributed by atoms with Gasteiger partial charge in [0.05, 0.1) is 4.88 Å². The number of aromatic nitrogens is 1. The summed E-state index contributed by atoms with van der Waals surface area (Å²) in [5, 5.41) is 3.44. The van der Waals surface area contributed by atoms with Crippen LogP contribution in [0.3, 0.4) is 0 Å². The molecule has 0 radical (unpaired) electrons. The smallest absolute Gasteiger partial charge is 0.259 e. The fourth-order valence-electron chi connectivity index (χ4n) is 3.02. The van der Waals surface area contributed by atoms with Crippen LogP contribution in [0.15, 0.2) is 48.8 Å². The van der Waals surface area contributed by atoms with Crippen molar-refractivity contribution in [3.8, 4) is 10.4 Å². The number of nitrogens with two attached hydrogens (primary N) is 1. The normalized spacial score (nSPS) is 12.2. The van der Waals surface area contributed by atoms with Crippen LogP contribution in [0, 0.1) is 0 Å². The van der Waals surface area contributed by atoms with Crippen molar-refractivity contribution >= 4 is 22.9 Å². The molecule has 0 unspecified atom stereocenters. The second kappa shape index (κ2) is 5.52. The molecule has 0 saturated carbocycles. The van der Waals surface area contributed by atoms with Crippen molar-refractivity contribution in [2.75, 3.05) is 5.32 Å². The molecule has 1 amide bonds. The minimum Gasteiger partial charge on any atom is -0.380 e. The minimum atomic E-state index is -0.360. The average molecular weight is 321 g/mol. The third kappa shape index (κ3) is 2.39. The van der Waals surface area contributed by atoms with Gasteiger partial charge in [0.2, 0.25) is 0 Å². The molecule has 3 aromatic rings. The van der Waals surface area contributed by atoms with Gasteiger partial charge in [-0.1, -0.05) is 24.3 Å². The maximum absolute atomic E-state index is 11.9. The van der Waals surface area contributed by atoms with E-state index in [9.17, 15) is 4.79 Å². The van der Waals surface area contributed by atoms with Gasteiger partial charge in [-0.3, -0.25) is 9.78 Å². The number of rotatable bonds is 3. The van der Waals surface area contributed by atoms with Crippen LogP contribution in [-0.4, -0.2) is 10.9 Å². The van der Waals surface area contributed by atoms with E-state index in [1.54, 1.807) is 6.20 Å². The van der Waals surface area contributed by atoms with Crippen molar-refractivity contribution in [2.45, 2.75) is 13.0 Å². The molecule has 0 aliphatic carbocycles. The number of para-hydroxylation sites is 1. The Morgan fingerprint density at radius 2 is 2.13 bits per heavy atom. The van der Waals surface area contributed by atoms with Gasteiger partial charge in [-0.2, -0.15) is 0 Å². The molecule has 0 saturated heterocycles. The van der Waals surface area contributed by atoms with E-state index in [2.05, 4.69) is 22.4 Å². The van der Waals surface area contributed by atoms with Crippen LogP contribution in [0.5, 0.6) is 0 Å². The molecule has 3 heterocycles. The average Bonchev–Trinajstić information content (AvgIpc) is 2.95. The van der Waals surface area contributed by atoms with E-state index >= 15 is 0 Å². The van der Waals surface area contributed by atoms with E-state index in [0.29, 0.717) is 17.8 Å². The first kappa shape index (κ1) is 14.0. The van der Waals surface area contributed by atoms with E-state index in [1.807, 2.05) is 30.5 Å². The Morgan fingerprint density at radius 1 is 1.26 bits per heavy atom. The van der Waals surface area contributed by atoms with Gasteiger partial charge in [0.1, 0.15) is 0 Å². The number of primary amides is 1. The predicted octanol–water partition coefficient (Wildman–Crippen LogP) is 3.43. The molecule has 3 N–H and O–H groups in total. The maximum atomic E-state index is 11.9. The Labute approximate surface area is 138 Å². The van der Waals surface area contributed by atoms with E-state index in [4.69, 9.17) is 5.73 Å². The monoisotopic (exact) mass is 321 g/mol. The molecule has 5 heteroatoms. The topological polar surface area (TPSA) is 68.0 Å². The SMILES string of the molecule is NC(=O)c1sc2c(c1Cc1cccnc1)CNc1ccccc1-2. The Hall–Kier alpha value is -2.66. The first-order chi connectivity index (χ1) is 11.2. The Bertz CT molecular complexity index is 887. The number of thiophene rings is 1. The standard InChI is InChI=1S/C18H15N3OS/c19-18(22)17-13(8-11-4-3-7-20-9-11)14-10-21-15-6-2-1-5-12(15)16(14)23-17/h1-7,9,21H,8,10H2,(H2,19,22). The van der Waals surface area contributed by atoms with Crippen LogP contribution in [0.25, 0.3) is 10.4 Å². The van der Waals surface area contributed by atoms with Gasteiger partial charge in [0.15, 0.2) is 0 Å². The molecular formula is C18H15N3OS. The summed E-state index contributed by atoms with van der Waals surface area (Å²) >= 11 is 1.50. The van der Waals surface area contributed by atoms with Crippen LogP contribution >= 0.6 is 11.3 Å². The third-order valence-corrected chi connectivity index (χ3v) is 5.39. The summed E-state index contributed by atoms with van der Waals surface area (Å²) in [5.41, 5.74) is 11.1. The third-order valence-electron chi connectivity index (χ3n) is 4.07. The van der Waals surface area contributed by atoms with Crippen LogP contribution in [0.2, 0.25) is 0 Å². The number of carbonyl (C=O) groups is 1. The molecule has 2 aromatic heterocycles. The Morgan fingerprint density at radius 3 is 2.91 bits per heavy atom. The zero-order valence-corrected chi connectivity index (χ0v) is 13.2. The van der Waals surface area contributed by atoms with E-state index in [-0.39, 0.29) is 5.91 Å². The fourth-order valence-corrected chi connectivity index (χ4v) is 4.25. The molecule has 23 heavy (non-hydrogen) atoms. The van der Waals surface area contributed by atoms with Crippen LogP contribution in [0.1, 0.15) is 26.4 Å². The fraction of sp³-hybridized carbons (Fsp3) is 0.111. The molecule has 0 spiro atoms. The van der Waals surface area contributed by atoms with Crippen LogP contribution in [0.4, 0.5) is 5.69 Å². The van der Waals surface area contributed by atoms with Crippen molar-refractivity contribution in [3.63, 3.8) is 0 Å². The molecule has 0 atom stereocenters. The molecular weight excluding hydrogens is 306 g/mol. The largest absolute Gasteiger partial charge is 0.380 e. The number of pyridine rings is 1. The highest BCUT2D eigenvalue weighted by Crippen LogP contribution is 2.44. The van der Waals surface area contributed by atoms with Crippen LogP contribution in [-0.2, 0) is 13.0 Å². The van der Waals surface area contributed by atoms with Crippen molar-refractivity contribution in [3.05, 3.63) is 70.4 Å². The van der Waals surface area contributed by atoms with Crippen LogP contribution < -0.4 is 11.1 Å². The number of nitrogens with one attached hydrogen (secondary N) is 1. The highest BCUT2D eigenvalue weighted by atomic mass is 32.1. The summed E-state index contributed by atoms with van der Waals surface area (Å²) in [6.45, 7) is 0.714. The van der Waals surface area contributed by atoms with Gasteiger partial charge in [-0.25, -0.2) is 0 Å². The second-order valence-corrected chi connectivity index (χ2v) is 6.54. The first-order valence-corrected chi connectivity index (χ1v) is 8.22. The Balaban J connectivity index is 1.87. The van der Waals surface area contributed by atoms with Gasteiger partial charge < -0.3 is 11.1 Å². The highest BCUT2D eigenvalue weighted by molar-refractivity contribution is 7.17. The van der Waals surface area contributed by atoms with E-state index in [1.165, 1.54) is 16.9 Å². The summed E-state index contributed by atoms with van der Waals surface area (Å²) in [6.07, 6.45) is 4.25. The van der Waals surface area contributed by atoms with Crippen molar-refractivity contribution in [2.24, 2.45) is 5.73 Å². The van der Waals surface area contributed by atoms with Crippen molar-refractivity contribution < 1.29 is 4.79 Å². The molecule has 1 aromatic carbocycles. The predicted molar refractivity (Wildman–Crippen MR) is 92.6 cm³/mol. The minimum absolute atomic E-state index is 0.360.